The van der Waals surface area contributed by atoms with Crippen molar-refractivity contribution in [3.8, 4) is 5.75 Å². The van der Waals surface area contributed by atoms with Gasteiger partial charge in [-0.1, -0.05) is 17.3 Å². The van der Waals surface area contributed by atoms with Gasteiger partial charge in [0.1, 0.15) is 12.0 Å². The molecule has 23 heavy (non-hydrogen) atoms. The number of ether oxygens (including phenoxy) is 2. The van der Waals surface area contributed by atoms with Gasteiger partial charge in [-0.3, -0.25) is 4.90 Å². The molecule has 0 aliphatic carbocycles. The van der Waals surface area contributed by atoms with Gasteiger partial charge in [0.2, 0.25) is 0 Å². The third kappa shape index (κ3) is 3.37. The van der Waals surface area contributed by atoms with E-state index >= 15 is 0 Å². The van der Waals surface area contributed by atoms with Gasteiger partial charge in [-0.2, -0.15) is 0 Å². The lowest BCUT2D eigenvalue weighted by molar-refractivity contribution is 0.0401. The minimum atomic E-state index is -0.443. The second-order valence-corrected chi connectivity index (χ2v) is 5.73. The summed E-state index contributed by atoms with van der Waals surface area (Å²) in [7, 11) is 3.75. The third-order valence-electron chi connectivity index (χ3n) is 4.31. The van der Waals surface area contributed by atoms with E-state index in [2.05, 4.69) is 33.8 Å². The van der Waals surface area contributed by atoms with E-state index in [1.165, 1.54) is 17.9 Å². The molecule has 0 N–H and O–H groups in total. The molecule has 2 atom stereocenters. The molecule has 1 aliphatic heterocycles. The van der Waals surface area contributed by atoms with Crippen molar-refractivity contribution in [1.29, 1.82) is 0 Å². The number of benzene rings is 1. The minimum absolute atomic E-state index is 0.206. The van der Waals surface area contributed by atoms with E-state index in [1.807, 2.05) is 12.1 Å². The van der Waals surface area contributed by atoms with Crippen LogP contribution in [0.2, 0.25) is 0 Å². The number of likely N-dealkylation sites (tertiary alicyclic amines) is 1. The first kappa shape index (κ1) is 15.6. The van der Waals surface area contributed by atoms with Gasteiger partial charge in [-0.15, -0.1) is 0 Å². The fourth-order valence-electron chi connectivity index (χ4n) is 3.10. The zero-order valence-corrected chi connectivity index (χ0v) is 13.3. The summed E-state index contributed by atoms with van der Waals surface area (Å²) in [6, 6.07) is 9.78. The highest BCUT2D eigenvalue weighted by Crippen LogP contribution is 2.36. The van der Waals surface area contributed by atoms with Crippen LogP contribution in [0, 0.1) is 5.92 Å². The summed E-state index contributed by atoms with van der Waals surface area (Å²) in [6.07, 6.45) is 2.35. The van der Waals surface area contributed by atoms with Gasteiger partial charge in [-0.25, -0.2) is 4.79 Å². The van der Waals surface area contributed by atoms with Gasteiger partial charge >= 0.3 is 5.97 Å². The molecule has 2 aromatic rings. The Hall–Kier alpha value is -2.34. The molecular formula is C17H20N2O4. The lowest BCUT2D eigenvalue weighted by Gasteiger charge is -2.25. The van der Waals surface area contributed by atoms with Crippen LogP contribution in [0.15, 0.2) is 41.1 Å². The maximum Gasteiger partial charge on any atom is 0.360 e. The van der Waals surface area contributed by atoms with E-state index in [0.717, 1.165) is 18.7 Å². The van der Waals surface area contributed by atoms with Crippen LogP contribution in [0.3, 0.4) is 0 Å². The second-order valence-electron chi connectivity index (χ2n) is 5.73. The molecule has 0 amide bonds. The van der Waals surface area contributed by atoms with Crippen LogP contribution in [0.1, 0.15) is 28.5 Å². The Labute approximate surface area is 135 Å². The predicted molar refractivity (Wildman–Crippen MR) is 83.3 cm³/mol. The highest BCUT2D eigenvalue weighted by atomic mass is 16.5. The van der Waals surface area contributed by atoms with Gasteiger partial charge in [0.15, 0.2) is 5.69 Å². The van der Waals surface area contributed by atoms with Crippen LogP contribution in [0.4, 0.5) is 0 Å². The summed E-state index contributed by atoms with van der Waals surface area (Å²) >= 11 is 0. The van der Waals surface area contributed by atoms with Crippen molar-refractivity contribution >= 4 is 5.97 Å². The molecule has 6 nitrogen and oxygen atoms in total. The van der Waals surface area contributed by atoms with Crippen molar-refractivity contribution < 1.29 is 18.8 Å². The van der Waals surface area contributed by atoms with Crippen LogP contribution in [-0.4, -0.2) is 43.3 Å². The zero-order chi connectivity index (χ0) is 16.2. The summed E-state index contributed by atoms with van der Waals surface area (Å²) in [4.78, 5) is 14.2. The summed E-state index contributed by atoms with van der Waals surface area (Å²) in [6.45, 7) is 1.34. The molecule has 0 saturated carbocycles. The highest BCUT2D eigenvalue weighted by molar-refractivity contribution is 5.86. The first-order valence-electron chi connectivity index (χ1n) is 7.60. The van der Waals surface area contributed by atoms with E-state index in [0.29, 0.717) is 6.61 Å². The van der Waals surface area contributed by atoms with Gasteiger partial charge in [0.25, 0.3) is 0 Å². The summed E-state index contributed by atoms with van der Waals surface area (Å²) in [5.41, 5.74) is 1.41. The van der Waals surface area contributed by atoms with Crippen molar-refractivity contribution in [3.63, 3.8) is 0 Å². The number of rotatable bonds is 5. The normalized spacial score (nSPS) is 21.3. The Balaban J connectivity index is 1.67. The van der Waals surface area contributed by atoms with Crippen molar-refractivity contribution in [2.45, 2.75) is 12.5 Å². The molecule has 0 unspecified atom stereocenters. The Kier molecular flexibility index (Phi) is 4.62. The predicted octanol–water partition coefficient (Wildman–Crippen LogP) is 2.53. The summed E-state index contributed by atoms with van der Waals surface area (Å²) < 4.78 is 15.3. The molecule has 0 radical (unpaired) electrons. The standard InChI is InChI=1S/C17H20N2O4/c1-19-9-7-13(11-22-17(20)15-8-10-23-18-15)16(19)12-3-5-14(21-2)6-4-12/h3-6,8,10,13,16H,7,9,11H2,1-2H3/t13-,16+/m0/s1. The number of nitrogens with zero attached hydrogens (tertiary/aromatic N) is 2. The molecule has 1 fully saturated rings. The van der Waals surface area contributed by atoms with Crippen LogP contribution in [0.25, 0.3) is 0 Å². The molecule has 122 valence electrons. The third-order valence-corrected chi connectivity index (χ3v) is 4.31. The molecule has 0 bridgehead atoms. The quantitative estimate of drug-likeness (QED) is 0.790. The van der Waals surface area contributed by atoms with E-state index in [4.69, 9.17) is 9.47 Å². The average Bonchev–Trinajstić information content (AvgIpc) is 3.23. The smallest absolute Gasteiger partial charge is 0.360 e. The number of esters is 1. The van der Waals surface area contributed by atoms with Crippen LogP contribution in [-0.2, 0) is 4.74 Å². The summed E-state index contributed by atoms with van der Waals surface area (Å²) in [5.74, 6) is 0.648. The van der Waals surface area contributed by atoms with E-state index in [1.54, 1.807) is 7.11 Å². The van der Waals surface area contributed by atoms with Crippen molar-refractivity contribution in [1.82, 2.24) is 10.1 Å². The molecule has 1 aromatic carbocycles. The molecule has 0 spiro atoms. The van der Waals surface area contributed by atoms with Crippen molar-refractivity contribution in [2.75, 3.05) is 27.3 Å². The molecule has 1 saturated heterocycles. The largest absolute Gasteiger partial charge is 0.497 e. The molecule has 2 heterocycles. The van der Waals surface area contributed by atoms with Crippen LogP contribution >= 0.6 is 0 Å². The number of hydrogen-bond donors (Lipinski definition) is 0. The van der Waals surface area contributed by atoms with E-state index in [-0.39, 0.29) is 17.7 Å². The summed E-state index contributed by atoms with van der Waals surface area (Å²) in [5, 5.41) is 3.60. The minimum Gasteiger partial charge on any atom is -0.497 e. The molecule has 1 aromatic heterocycles. The number of carbonyl (C=O) groups is 1. The van der Waals surface area contributed by atoms with Crippen LogP contribution < -0.4 is 4.74 Å². The molecule has 3 rings (SSSR count). The molecular weight excluding hydrogens is 296 g/mol. The lowest BCUT2D eigenvalue weighted by Crippen LogP contribution is -2.24. The maximum atomic E-state index is 11.9. The average molecular weight is 316 g/mol. The van der Waals surface area contributed by atoms with Gasteiger partial charge in [0.05, 0.1) is 13.7 Å². The fraction of sp³-hybridized carbons (Fsp3) is 0.412. The number of hydrogen-bond acceptors (Lipinski definition) is 6. The fourth-order valence-corrected chi connectivity index (χ4v) is 3.10. The first-order chi connectivity index (χ1) is 11.2. The van der Waals surface area contributed by atoms with Gasteiger partial charge in [-0.05, 0) is 37.7 Å². The lowest BCUT2D eigenvalue weighted by atomic mass is 9.94. The zero-order valence-electron chi connectivity index (χ0n) is 13.3. The molecule has 6 heteroatoms. The first-order valence-corrected chi connectivity index (χ1v) is 7.60. The topological polar surface area (TPSA) is 64.8 Å². The monoisotopic (exact) mass is 316 g/mol. The van der Waals surface area contributed by atoms with Crippen molar-refractivity contribution in [3.05, 3.63) is 47.9 Å². The Morgan fingerprint density at radius 2 is 2.13 bits per heavy atom. The van der Waals surface area contributed by atoms with Gasteiger partial charge < -0.3 is 14.0 Å². The Morgan fingerprint density at radius 3 is 2.78 bits per heavy atom. The van der Waals surface area contributed by atoms with Gasteiger partial charge in [0, 0.05) is 18.0 Å². The van der Waals surface area contributed by atoms with E-state index in [9.17, 15) is 4.79 Å². The number of aromatic nitrogens is 1. The van der Waals surface area contributed by atoms with Crippen LogP contribution in [0.5, 0.6) is 5.75 Å². The second kappa shape index (κ2) is 6.83. The highest BCUT2D eigenvalue weighted by Gasteiger charge is 2.34. The SMILES string of the molecule is COc1ccc([C@@H]2[C@H](COC(=O)c3ccon3)CCN2C)cc1. The van der Waals surface area contributed by atoms with Crippen molar-refractivity contribution in [2.24, 2.45) is 5.92 Å². The molecule has 1 aliphatic rings. The Bertz CT molecular complexity index is 639. The maximum absolute atomic E-state index is 11.9. The number of carbonyl (C=O) groups excluding carboxylic acids is 1. The van der Waals surface area contributed by atoms with E-state index < -0.39 is 5.97 Å². The number of methoxy groups -OCH3 is 1. The Morgan fingerprint density at radius 1 is 1.35 bits per heavy atom.